The van der Waals surface area contributed by atoms with Crippen LogP contribution in [-0.4, -0.2) is 16.7 Å². The van der Waals surface area contributed by atoms with Gasteiger partial charge in [-0.05, 0) is 39.7 Å². The van der Waals surface area contributed by atoms with Crippen molar-refractivity contribution >= 4 is 22.9 Å². The van der Waals surface area contributed by atoms with E-state index in [2.05, 4.69) is 74.6 Å². The first-order valence-electron chi connectivity index (χ1n) is 6.76. The number of rotatable bonds is 7. The Hall–Kier alpha value is 0.430. The molecule has 102 valence electrons. The van der Waals surface area contributed by atoms with Gasteiger partial charge in [0.1, 0.15) is 0 Å². The molecule has 0 bridgehead atoms. The largest absolute Gasteiger partial charge is 0.250 e. The number of hydrogen-bond donors (Lipinski definition) is 0. The highest BCUT2D eigenvalue weighted by Crippen LogP contribution is 2.39. The third kappa shape index (κ3) is 6.23. The van der Waals surface area contributed by atoms with Crippen LogP contribution in [0.1, 0.15) is 60.8 Å². The predicted octanol–water partition coefficient (Wildman–Crippen LogP) is 5.46. The fraction of sp³-hybridized carbons (Fsp3) is 0.867. The van der Waals surface area contributed by atoms with Crippen molar-refractivity contribution in [1.29, 1.82) is 0 Å². The Morgan fingerprint density at radius 1 is 1.29 bits per heavy atom. The van der Waals surface area contributed by atoms with Crippen molar-refractivity contribution in [2.75, 3.05) is 13.6 Å². The van der Waals surface area contributed by atoms with Crippen molar-refractivity contribution in [3.63, 3.8) is 0 Å². The topological polar surface area (TPSA) is 3.24 Å². The van der Waals surface area contributed by atoms with Gasteiger partial charge in [0.15, 0.2) is 0 Å². The van der Waals surface area contributed by atoms with Crippen LogP contribution in [0.4, 0.5) is 0 Å². The molecular weight excluding hydrogens is 321 g/mol. The zero-order chi connectivity index (χ0) is 13.6. The minimum atomic E-state index is 0.332. The van der Waals surface area contributed by atoms with E-state index in [1.54, 1.807) is 5.57 Å². The summed E-state index contributed by atoms with van der Waals surface area (Å²) in [6, 6.07) is 0. The lowest BCUT2D eigenvalue weighted by molar-refractivity contribution is 0.263. The van der Waals surface area contributed by atoms with Crippen molar-refractivity contribution in [3.05, 3.63) is 11.1 Å². The van der Waals surface area contributed by atoms with Gasteiger partial charge in [0.05, 0.1) is 0 Å². The second-order valence-electron chi connectivity index (χ2n) is 6.15. The lowest BCUT2D eigenvalue weighted by Crippen LogP contribution is -2.32. The highest BCUT2D eigenvalue weighted by atomic mass is 127. The molecule has 1 atom stereocenters. The Bertz CT molecular complexity index is 240. The average Bonchev–Trinajstić information content (AvgIpc) is 2.10. The average molecular weight is 351 g/mol. The first kappa shape index (κ1) is 17.4. The van der Waals surface area contributed by atoms with E-state index in [-0.39, 0.29) is 0 Å². The number of halogens is 1. The molecule has 0 spiro atoms. The Kier molecular flexibility index (Phi) is 7.97. The quantitative estimate of drug-likeness (QED) is 0.335. The monoisotopic (exact) mass is 351 g/mol. The summed E-state index contributed by atoms with van der Waals surface area (Å²) < 4.78 is 2.30. The van der Waals surface area contributed by atoms with Crippen LogP contribution in [0.15, 0.2) is 11.1 Å². The first-order chi connectivity index (χ1) is 7.73. The molecular formula is C15H30IN. The maximum atomic E-state index is 2.44. The molecule has 0 aliphatic carbocycles. The highest BCUT2D eigenvalue weighted by Gasteiger charge is 2.31. The summed E-state index contributed by atoms with van der Waals surface area (Å²) in [5.74, 6) is 0.752. The molecule has 0 aliphatic heterocycles. The molecule has 0 amide bonds. The highest BCUT2D eigenvalue weighted by molar-refractivity contribution is 14.1. The molecule has 1 nitrogen and oxygen atoms in total. The van der Waals surface area contributed by atoms with E-state index < -0.39 is 0 Å². The van der Waals surface area contributed by atoms with E-state index in [1.807, 2.05) is 0 Å². The molecule has 0 aromatic carbocycles. The van der Waals surface area contributed by atoms with Crippen molar-refractivity contribution in [3.8, 4) is 0 Å². The zero-order valence-electron chi connectivity index (χ0n) is 12.7. The molecule has 0 radical (unpaired) electrons. The van der Waals surface area contributed by atoms with Gasteiger partial charge < -0.3 is 0 Å². The third-order valence-electron chi connectivity index (χ3n) is 3.26. The standard InChI is InChI=1S/C15H30IN/c1-8-9-14(13(4)5)15(6,10-12(2)3)11-17(7)16/h12H,8-11H2,1-7H3. The molecule has 0 rings (SSSR count). The first-order valence-corrected chi connectivity index (χ1v) is 7.73. The van der Waals surface area contributed by atoms with E-state index >= 15 is 0 Å². The van der Waals surface area contributed by atoms with E-state index in [0.29, 0.717) is 5.41 Å². The second-order valence-corrected chi connectivity index (χ2v) is 7.80. The van der Waals surface area contributed by atoms with Gasteiger partial charge in [0, 0.05) is 34.8 Å². The summed E-state index contributed by atoms with van der Waals surface area (Å²) in [5, 5.41) is 0. The van der Waals surface area contributed by atoms with Gasteiger partial charge in [-0.15, -0.1) is 0 Å². The molecule has 0 heterocycles. The van der Waals surface area contributed by atoms with E-state index in [9.17, 15) is 0 Å². The second kappa shape index (κ2) is 7.78. The minimum Gasteiger partial charge on any atom is -0.250 e. The molecule has 0 saturated heterocycles. The molecule has 17 heavy (non-hydrogen) atoms. The molecule has 0 fully saturated rings. The van der Waals surface area contributed by atoms with Gasteiger partial charge in [0.2, 0.25) is 0 Å². The number of allylic oxidation sites excluding steroid dienone is 1. The SMILES string of the molecule is CCCC(=C(C)C)C(C)(CC(C)C)CN(C)I. The lowest BCUT2D eigenvalue weighted by Gasteiger charge is -2.37. The fourth-order valence-corrected chi connectivity index (χ4v) is 3.82. The summed E-state index contributed by atoms with van der Waals surface area (Å²) in [7, 11) is 2.17. The maximum absolute atomic E-state index is 2.44. The lowest BCUT2D eigenvalue weighted by atomic mass is 9.72. The fourth-order valence-electron chi connectivity index (χ4n) is 3.07. The van der Waals surface area contributed by atoms with E-state index in [0.717, 1.165) is 12.5 Å². The maximum Gasteiger partial charge on any atom is 0.0199 e. The van der Waals surface area contributed by atoms with E-state index in [1.165, 1.54) is 24.8 Å². The van der Waals surface area contributed by atoms with Crippen molar-refractivity contribution in [2.45, 2.75) is 60.8 Å². The van der Waals surface area contributed by atoms with Crippen LogP contribution < -0.4 is 0 Å². The van der Waals surface area contributed by atoms with Crippen LogP contribution in [0.5, 0.6) is 0 Å². The van der Waals surface area contributed by atoms with Gasteiger partial charge in [-0.1, -0.05) is 45.3 Å². The third-order valence-corrected chi connectivity index (χ3v) is 3.60. The zero-order valence-corrected chi connectivity index (χ0v) is 14.9. The number of nitrogens with zero attached hydrogens (tertiary/aromatic N) is 1. The van der Waals surface area contributed by atoms with Crippen LogP contribution in [0.25, 0.3) is 0 Å². The van der Waals surface area contributed by atoms with Crippen LogP contribution in [-0.2, 0) is 0 Å². The Balaban J connectivity index is 5.18. The predicted molar refractivity (Wildman–Crippen MR) is 87.5 cm³/mol. The summed E-state index contributed by atoms with van der Waals surface area (Å²) in [4.78, 5) is 0. The van der Waals surface area contributed by atoms with Crippen LogP contribution in [0.3, 0.4) is 0 Å². The van der Waals surface area contributed by atoms with E-state index in [4.69, 9.17) is 0 Å². The summed E-state index contributed by atoms with van der Waals surface area (Å²) >= 11 is 2.41. The van der Waals surface area contributed by atoms with Crippen molar-refractivity contribution in [2.24, 2.45) is 11.3 Å². The Morgan fingerprint density at radius 2 is 1.82 bits per heavy atom. The van der Waals surface area contributed by atoms with Gasteiger partial charge in [-0.2, -0.15) is 0 Å². The van der Waals surface area contributed by atoms with Gasteiger partial charge in [0.25, 0.3) is 0 Å². The van der Waals surface area contributed by atoms with Gasteiger partial charge in [-0.25, -0.2) is 3.11 Å². The minimum absolute atomic E-state index is 0.332. The molecule has 0 saturated carbocycles. The van der Waals surface area contributed by atoms with Gasteiger partial charge in [-0.3, -0.25) is 0 Å². The Labute approximate surface area is 123 Å². The summed E-state index contributed by atoms with van der Waals surface area (Å²) in [6.07, 6.45) is 3.77. The normalized spacial score (nSPS) is 15.2. The molecule has 2 heteroatoms. The number of hydrogen-bond acceptors (Lipinski definition) is 1. The molecule has 0 N–H and O–H groups in total. The molecule has 0 aliphatic rings. The smallest absolute Gasteiger partial charge is 0.0199 e. The van der Waals surface area contributed by atoms with Crippen LogP contribution in [0.2, 0.25) is 0 Å². The molecule has 0 aromatic rings. The van der Waals surface area contributed by atoms with Crippen molar-refractivity contribution < 1.29 is 0 Å². The Morgan fingerprint density at radius 3 is 2.12 bits per heavy atom. The summed E-state index contributed by atoms with van der Waals surface area (Å²) in [6.45, 7) is 15.1. The van der Waals surface area contributed by atoms with Crippen molar-refractivity contribution in [1.82, 2.24) is 3.11 Å². The molecule has 1 unspecified atom stereocenters. The summed E-state index contributed by atoms with van der Waals surface area (Å²) in [5.41, 5.74) is 3.53. The van der Waals surface area contributed by atoms with Crippen LogP contribution >= 0.6 is 22.9 Å². The van der Waals surface area contributed by atoms with Crippen LogP contribution in [0, 0.1) is 11.3 Å². The molecule has 0 aromatic heterocycles. The van der Waals surface area contributed by atoms with Gasteiger partial charge >= 0.3 is 0 Å².